The SMILES string of the molecule is CC(=O)Oc1cccc(-c2c(C)cc(NC(=O)N3CCc4cc(C[SH](=O)=O)ccc43)cc2C)c1. The van der Waals surface area contributed by atoms with Crippen LogP contribution in [0.4, 0.5) is 16.2 Å². The average Bonchev–Trinajstić information content (AvgIpc) is 3.16. The van der Waals surface area contributed by atoms with Gasteiger partial charge >= 0.3 is 12.0 Å². The summed E-state index contributed by atoms with van der Waals surface area (Å²) in [6.45, 7) is 5.86. The van der Waals surface area contributed by atoms with Crippen molar-refractivity contribution in [3.8, 4) is 16.9 Å². The molecule has 0 radical (unpaired) electrons. The second-order valence-electron chi connectivity index (χ2n) is 8.39. The highest BCUT2D eigenvalue weighted by Crippen LogP contribution is 2.33. The second-order valence-corrected chi connectivity index (χ2v) is 9.37. The molecular weight excluding hydrogens is 452 g/mol. The molecule has 1 heterocycles. The number of hydrogen-bond donors (Lipinski definition) is 2. The molecule has 176 valence electrons. The molecule has 1 N–H and O–H groups in total. The first-order valence-electron chi connectivity index (χ1n) is 10.9. The van der Waals surface area contributed by atoms with Crippen LogP contribution < -0.4 is 15.0 Å². The molecule has 4 rings (SSSR count). The zero-order chi connectivity index (χ0) is 24.4. The number of benzene rings is 3. The maximum atomic E-state index is 13.0. The summed E-state index contributed by atoms with van der Waals surface area (Å²) in [5.41, 5.74) is 7.10. The number of hydrogen-bond acceptors (Lipinski definition) is 5. The molecule has 0 saturated carbocycles. The van der Waals surface area contributed by atoms with Gasteiger partial charge in [0.05, 0.1) is 5.75 Å². The first kappa shape index (κ1) is 23.5. The first-order valence-corrected chi connectivity index (χ1v) is 12.3. The molecule has 0 fully saturated rings. The molecule has 0 spiro atoms. The van der Waals surface area contributed by atoms with Crippen molar-refractivity contribution < 1.29 is 22.7 Å². The molecule has 34 heavy (non-hydrogen) atoms. The standard InChI is InChI=1S/C26H26N2O5S/c1-16-11-22(12-17(2)25(16)21-5-4-6-23(14-21)33-18(3)29)27-26(30)28-10-9-20-13-19(15-34(31)32)7-8-24(20)28/h4-8,11-14,34H,9-10,15H2,1-3H3,(H,27,30). The number of anilines is 2. The van der Waals surface area contributed by atoms with E-state index in [0.29, 0.717) is 24.4 Å². The molecule has 1 aliphatic heterocycles. The number of carbonyl (C=O) groups is 2. The Kier molecular flexibility index (Phi) is 6.70. The molecule has 1 aliphatic rings. The summed E-state index contributed by atoms with van der Waals surface area (Å²) in [5.74, 6) is 0.118. The zero-order valence-electron chi connectivity index (χ0n) is 19.3. The van der Waals surface area contributed by atoms with Gasteiger partial charge in [0.1, 0.15) is 16.5 Å². The summed E-state index contributed by atoms with van der Waals surface area (Å²) in [6, 6.07) is 16.4. The summed E-state index contributed by atoms with van der Waals surface area (Å²) in [4.78, 5) is 26.0. The number of nitrogens with one attached hydrogen (secondary N) is 1. The lowest BCUT2D eigenvalue weighted by atomic mass is 9.95. The van der Waals surface area contributed by atoms with Crippen molar-refractivity contribution >= 4 is 34.1 Å². The Hall–Kier alpha value is -3.65. The van der Waals surface area contributed by atoms with E-state index < -0.39 is 10.7 Å². The lowest BCUT2D eigenvalue weighted by Gasteiger charge is -2.20. The van der Waals surface area contributed by atoms with Crippen molar-refractivity contribution in [2.75, 3.05) is 16.8 Å². The molecule has 0 saturated heterocycles. The fourth-order valence-corrected chi connectivity index (χ4v) is 4.97. The van der Waals surface area contributed by atoms with Crippen LogP contribution in [0.1, 0.15) is 29.2 Å². The average molecular weight is 479 g/mol. The Morgan fingerprint density at radius 1 is 1.03 bits per heavy atom. The van der Waals surface area contributed by atoms with E-state index in [4.69, 9.17) is 4.74 Å². The van der Waals surface area contributed by atoms with Crippen molar-refractivity contribution in [1.82, 2.24) is 0 Å². The van der Waals surface area contributed by atoms with Gasteiger partial charge in [-0.1, -0.05) is 24.3 Å². The van der Waals surface area contributed by atoms with E-state index in [9.17, 15) is 18.0 Å². The molecule has 3 aromatic rings. The van der Waals surface area contributed by atoms with Crippen LogP contribution in [0.3, 0.4) is 0 Å². The molecule has 0 bridgehead atoms. The van der Waals surface area contributed by atoms with E-state index in [1.165, 1.54) is 6.92 Å². The molecule has 7 nitrogen and oxygen atoms in total. The molecular formula is C26H26N2O5S. The normalized spacial score (nSPS) is 12.5. The number of aryl methyl sites for hydroxylation is 2. The Morgan fingerprint density at radius 3 is 2.44 bits per heavy atom. The lowest BCUT2D eigenvalue weighted by Crippen LogP contribution is -2.33. The lowest BCUT2D eigenvalue weighted by molar-refractivity contribution is -0.131. The number of esters is 1. The summed E-state index contributed by atoms with van der Waals surface area (Å²) >= 11 is 0. The van der Waals surface area contributed by atoms with Gasteiger partial charge in [0.15, 0.2) is 0 Å². The number of nitrogens with zero attached hydrogens (tertiary/aromatic N) is 1. The number of amides is 2. The topological polar surface area (TPSA) is 92.8 Å². The molecule has 2 amide bonds. The van der Waals surface area contributed by atoms with Gasteiger partial charge < -0.3 is 10.1 Å². The molecule has 0 unspecified atom stereocenters. The number of thiol groups is 1. The van der Waals surface area contributed by atoms with Gasteiger partial charge in [-0.3, -0.25) is 9.69 Å². The number of ether oxygens (including phenoxy) is 1. The van der Waals surface area contributed by atoms with Gasteiger partial charge in [0.25, 0.3) is 0 Å². The van der Waals surface area contributed by atoms with Crippen LogP contribution in [0.15, 0.2) is 54.6 Å². The number of carbonyl (C=O) groups excluding carboxylic acids is 2. The molecule has 8 heteroatoms. The van der Waals surface area contributed by atoms with Crippen LogP contribution in [0, 0.1) is 13.8 Å². The fourth-order valence-electron chi connectivity index (χ4n) is 4.48. The minimum Gasteiger partial charge on any atom is -0.427 e. The van der Waals surface area contributed by atoms with Crippen LogP contribution in [0.5, 0.6) is 5.75 Å². The highest BCUT2D eigenvalue weighted by atomic mass is 32.2. The monoisotopic (exact) mass is 478 g/mol. The van der Waals surface area contributed by atoms with Crippen LogP contribution in [0.2, 0.25) is 0 Å². The number of fused-ring (bicyclic) bond motifs is 1. The van der Waals surface area contributed by atoms with Crippen LogP contribution in [0.25, 0.3) is 11.1 Å². The van der Waals surface area contributed by atoms with Gasteiger partial charge in [-0.2, -0.15) is 0 Å². The molecule has 3 aromatic carbocycles. The third kappa shape index (κ3) is 5.12. The van der Waals surface area contributed by atoms with Crippen molar-refractivity contribution in [3.63, 3.8) is 0 Å². The quantitative estimate of drug-likeness (QED) is 0.318. The smallest absolute Gasteiger partial charge is 0.326 e. The van der Waals surface area contributed by atoms with E-state index in [1.54, 1.807) is 17.0 Å². The Bertz CT molecular complexity index is 1330. The maximum Gasteiger partial charge on any atom is 0.326 e. The van der Waals surface area contributed by atoms with Gasteiger partial charge in [-0.05, 0) is 84.0 Å². The van der Waals surface area contributed by atoms with Gasteiger partial charge in [-0.15, -0.1) is 0 Å². The molecule has 0 aromatic heterocycles. The minimum absolute atomic E-state index is 0.00347. The summed E-state index contributed by atoms with van der Waals surface area (Å²) in [7, 11) is -2.49. The summed E-state index contributed by atoms with van der Waals surface area (Å²) in [6.07, 6.45) is 0.682. The number of urea groups is 1. The van der Waals surface area contributed by atoms with E-state index >= 15 is 0 Å². The number of rotatable bonds is 5. The van der Waals surface area contributed by atoms with Crippen LogP contribution >= 0.6 is 0 Å². The Morgan fingerprint density at radius 2 is 1.76 bits per heavy atom. The predicted molar refractivity (Wildman–Crippen MR) is 133 cm³/mol. The summed E-state index contributed by atoms with van der Waals surface area (Å²) in [5, 5.41) is 2.99. The zero-order valence-corrected chi connectivity index (χ0v) is 20.1. The highest BCUT2D eigenvalue weighted by Gasteiger charge is 2.25. The van der Waals surface area contributed by atoms with Gasteiger partial charge in [0, 0.05) is 24.8 Å². The largest absolute Gasteiger partial charge is 0.427 e. The van der Waals surface area contributed by atoms with Gasteiger partial charge in [-0.25, -0.2) is 13.2 Å². The van der Waals surface area contributed by atoms with E-state index in [1.807, 2.05) is 56.3 Å². The van der Waals surface area contributed by atoms with Crippen LogP contribution in [-0.2, 0) is 27.7 Å². The molecule has 0 aliphatic carbocycles. The first-order chi connectivity index (χ1) is 16.2. The van der Waals surface area contributed by atoms with Gasteiger partial charge in [0.2, 0.25) is 0 Å². The third-order valence-electron chi connectivity index (χ3n) is 5.76. The third-order valence-corrected chi connectivity index (χ3v) is 6.39. The fraction of sp³-hybridized carbons (Fsp3) is 0.231. The Balaban J connectivity index is 1.54. The maximum absolute atomic E-state index is 13.0. The van der Waals surface area contributed by atoms with E-state index in [0.717, 1.165) is 39.1 Å². The predicted octanol–water partition coefficient (Wildman–Crippen LogP) is 4.60. The van der Waals surface area contributed by atoms with Crippen molar-refractivity contribution in [2.24, 2.45) is 0 Å². The minimum atomic E-state index is -2.49. The second kappa shape index (κ2) is 9.69. The highest BCUT2D eigenvalue weighted by molar-refractivity contribution is 7.71. The Labute approximate surface area is 200 Å². The van der Waals surface area contributed by atoms with Crippen molar-refractivity contribution in [3.05, 3.63) is 76.9 Å². The van der Waals surface area contributed by atoms with E-state index in [2.05, 4.69) is 5.32 Å². The van der Waals surface area contributed by atoms with Crippen LogP contribution in [-0.4, -0.2) is 27.0 Å². The molecule has 0 atom stereocenters. The summed E-state index contributed by atoms with van der Waals surface area (Å²) < 4.78 is 27.2. The van der Waals surface area contributed by atoms with E-state index in [-0.39, 0.29) is 17.8 Å². The van der Waals surface area contributed by atoms with Crippen molar-refractivity contribution in [2.45, 2.75) is 32.9 Å². The van der Waals surface area contributed by atoms with Crippen molar-refractivity contribution in [1.29, 1.82) is 0 Å².